The number of sulfonamides is 1. The van der Waals surface area contributed by atoms with Crippen molar-refractivity contribution >= 4 is 38.9 Å². The maximum atomic E-state index is 13.0. The van der Waals surface area contributed by atoms with Crippen molar-refractivity contribution in [3.8, 4) is 5.75 Å². The van der Waals surface area contributed by atoms with Crippen molar-refractivity contribution in [2.24, 2.45) is 0 Å². The third-order valence-electron chi connectivity index (χ3n) is 5.64. The van der Waals surface area contributed by atoms with Crippen LogP contribution in [0, 0.1) is 13.8 Å². The van der Waals surface area contributed by atoms with Crippen LogP contribution in [0.1, 0.15) is 11.1 Å². The third kappa shape index (κ3) is 5.25. The second kappa shape index (κ2) is 9.36. The molecular weight excluding hydrogens is 438 g/mol. The molecule has 0 bridgehead atoms. The van der Waals surface area contributed by atoms with Crippen LogP contribution in [0.2, 0.25) is 5.02 Å². The van der Waals surface area contributed by atoms with E-state index < -0.39 is 10.0 Å². The molecule has 0 aliphatic carbocycles. The Balaban J connectivity index is 1.74. The van der Waals surface area contributed by atoms with Crippen LogP contribution in [-0.2, 0) is 14.8 Å². The van der Waals surface area contributed by atoms with Crippen LogP contribution in [0.25, 0.3) is 0 Å². The van der Waals surface area contributed by atoms with Gasteiger partial charge in [0.25, 0.3) is 0 Å². The molecule has 2 aromatic carbocycles. The largest absolute Gasteiger partial charge is 0.495 e. The molecule has 9 heteroatoms. The van der Waals surface area contributed by atoms with Crippen molar-refractivity contribution in [3.05, 3.63) is 52.5 Å². The number of carbonyl (C=O) groups is 1. The minimum Gasteiger partial charge on any atom is -0.495 e. The van der Waals surface area contributed by atoms with Crippen LogP contribution in [-0.4, -0.2) is 65.3 Å². The molecule has 0 N–H and O–H groups in total. The Morgan fingerprint density at radius 2 is 1.81 bits per heavy atom. The van der Waals surface area contributed by atoms with Gasteiger partial charge in [0.05, 0.1) is 19.1 Å². The van der Waals surface area contributed by atoms with Crippen LogP contribution in [0.4, 0.5) is 11.4 Å². The molecule has 0 unspecified atom stereocenters. The lowest BCUT2D eigenvalue weighted by Crippen LogP contribution is -2.52. The van der Waals surface area contributed by atoms with Crippen LogP contribution >= 0.6 is 11.6 Å². The lowest BCUT2D eigenvalue weighted by Gasteiger charge is -2.38. The summed E-state index contributed by atoms with van der Waals surface area (Å²) in [7, 11) is -2.28. The summed E-state index contributed by atoms with van der Waals surface area (Å²) in [6, 6.07) is 10.9. The van der Waals surface area contributed by atoms with Crippen molar-refractivity contribution in [1.29, 1.82) is 0 Å². The number of piperazine rings is 1. The average Bonchev–Trinajstić information content (AvgIpc) is 2.73. The minimum atomic E-state index is -3.73. The maximum absolute atomic E-state index is 13.0. The number of amides is 1. The lowest BCUT2D eigenvalue weighted by molar-refractivity contribution is -0.129. The number of ether oxygens (including phenoxy) is 1. The molecule has 0 radical (unpaired) electrons. The van der Waals surface area contributed by atoms with Gasteiger partial charge in [-0.1, -0.05) is 23.7 Å². The van der Waals surface area contributed by atoms with E-state index in [2.05, 4.69) is 30.9 Å². The molecule has 7 nitrogen and oxygen atoms in total. The van der Waals surface area contributed by atoms with Crippen molar-refractivity contribution in [1.82, 2.24) is 4.90 Å². The van der Waals surface area contributed by atoms with Gasteiger partial charge in [-0.3, -0.25) is 9.10 Å². The zero-order valence-electron chi connectivity index (χ0n) is 18.3. The van der Waals surface area contributed by atoms with E-state index in [4.69, 9.17) is 16.3 Å². The summed E-state index contributed by atoms with van der Waals surface area (Å²) in [5.74, 6) is 0.0791. The molecule has 0 atom stereocenters. The number of methoxy groups -OCH3 is 1. The van der Waals surface area contributed by atoms with Gasteiger partial charge in [0.1, 0.15) is 12.3 Å². The normalized spacial score (nSPS) is 14.5. The van der Waals surface area contributed by atoms with Gasteiger partial charge in [-0.05, 0) is 49.2 Å². The molecule has 3 rings (SSSR count). The minimum absolute atomic E-state index is 0.250. The third-order valence-corrected chi connectivity index (χ3v) is 7.00. The predicted molar refractivity (Wildman–Crippen MR) is 125 cm³/mol. The first-order valence-corrected chi connectivity index (χ1v) is 12.2. The van der Waals surface area contributed by atoms with Crippen LogP contribution < -0.4 is 13.9 Å². The van der Waals surface area contributed by atoms with Gasteiger partial charge < -0.3 is 14.5 Å². The fourth-order valence-corrected chi connectivity index (χ4v) is 4.75. The first kappa shape index (κ1) is 23.2. The SMILES string of the molecule is COc1ccc(Cl)cc1N(CC(=O)N1CCN(c2cccc(C)c2C)CC1)S(C)(=O)=O. The van der Waals surface area contributed by atoms with Crippen molar-refractivity contribution in [2.45, 2.75) is 13.8 Å². The molecule has 1 saturated heterocycles. The Hall–Kier alpha value is -2.45. The quantitative estimate of drug-likeness (QED) is 0.655. The summed E-state index contributed by atoms with van der Waals surface area (Å²) >= 11 is 6.07. The summed E-state index contributed by atoms with van der Waals surface area (Å²) in [5.41, 5.74) is 3.89. The number of hydrogen-bond donors (Lipinski definition) is 0. The molecule has 1 aliphatic heterocycles. The number of carbonyl (C=O) groups excluding carboxylic acids is 1. The number of halogens is 1. The summed E-state index contributed by atoms with van der Waals surface area (Å²) < 4.78 is 31.3. The summed E-state index contributed by atoms with van der Waals surface area (Å²) in [6.45, 7) is 6.31. The number of anilines is 2. The van der Waals surface area contributed by atoms with E-state index in [1.807, 2.05) is 6.07 Å². The van der Waals surface area contributed by atoms with Gasteiger partial charge in [0, 0.05) is 36.9 Å². The molecule has 31 heavy (non-hydrogen) atoms. The second-order valence-electron chi connectivity index (χ2n) is 7.67. The van der Waals surface area contributed by atoms with Gasteiger partial charge in [-0.2, -0.15) is 0 Å². The second-order valence-corrected chi connectivity index (χ2v) is 10.0. The Bertz CT molecular complexity index is 1070. The fourth-order valence-electron chi connectivity index (χ4n) is 3.74. The van der Waals surface area contributed by atoms with Crippen LogP contribution in [0.3, 0.4) is 0 Å². The fraction of sp³-hybridized carbons (Fsp3) is 0.409. The number of benzene rings is 2. The molecule has 1 amide bonds. The molecule has 2 aromatic rings. The van der Waals surface area contributed by atoms with Gasteiger partial charge in [0.2, 0.25) is 15.9 Å². The number of nitrogens with zero attached hydrogens (tertiary/aromatic N) is 3. The van der Waals surface area contributed by atoms with Crippen molar-refractivity contribution in [3.63, 3.8) is 0 Å². The topological polar surface area (TPSA) is 70.2 Å². The van der Waals surface area contributed by atoms with E-state index in [0.717, 1.165) is 10.6 Å². The zero-order valence-corrected chi connectivity index (χ0v) is 19.8. The highest BCUT2D eigenvalue weighted by atomic mass is 35.5. The highest BCUT2D eigenvalue weighted by molar-refractivity contribution is 7.92. The summed E-state index contributed by atoms with van der Waals surface area (Å²) in [5, 5.41) is 0.360. The van der Waals surface area contributed by atoms with Crippen LogP contribution in [0.15, 0.2) is 36.4 Å². The lowest BCUT2D eigenvalue weighted by atomic mass is 10.1. The molecule has 1 aliphatic rings. The molecule has 0 spiro atoms. The van der Waals surface area contributed by atoms with Crippen molar-refractivity contribution < 1.29 is 17.9 Å². The molecule has 168 valence electrons. The monoisotopic (exact) mass is 465 g/mol. The molecule has 1 fully saturated rings. The number of hydrogen-bond acceptors (Lipinski definition) is 5. The van der Waals surface area contributed by atoms with Gasteiger partial charge in [-0.15, -0.1) is 0 Å². The number of rotatable bonds is 6. The maximum Gasteiger partial charge on any atom is 0.243 e. The zero-order chi connectivity index (χ0) is 22.8. The standard InChI is InChI=1S/C22H28ClN3O4S/c1-16-6-5-7-19(17(16)2)24-10-12-25(13-11-24)22(27)15-26(31(4,28)29)20-14-18(23)8-9-21(20)30-3/h5-9,14H,10-13,15H2,1-4H3. The summed E-state index contributed by atoms with van der Waals surface area (Å²) in [6.07, 6.45) is 1.07. The van der Waals surface area contributed by atoms with Crippen LogP contribution in [0.5, 0.6) is 5.75 Å². The Morgan fingerprint density at radius 1 is 1.13 bits per heavy atom. The first-order chi connectivity index (χ1) is 14.6. The average molecular weight is 466 g/mol. The van der Waals surface area contributed by atoms with Gasteiger partial charge >= 0.3 is 0 Å². The molecule has 0 saturated carbocycles. The van der Waals surface area contributed by atoms with E-state index in [1.165, 1.54) is 30.0 Å². The van der Waals surface area contributed by atoms with E-state index in [0.29, 0.717) is 37.0 Å². The smallest absolute Gasteiger partial charge is 0.243 e. The Labute approximate surface area is 189 Å². The molecule has 0 aromatic heterocycles. The Morgan fingerprint density at radius 3 is 2.42 bits per heavy atom. The van der Waals surface area contributed by atoms with E-state index in [9.17, 15) is 13.2 Å². The van der Waals surface area contributed by atoms with Gasteiger partial charge in [-0.25, -0.2) is 8.42 Å². The first-order valence-electron chi connectivity index (χ1n) is 10.0. The van der Waals surface area contributed by atoms with Crippen molar-refractivity contribution in [2.75, 3.05) is 55.3 Å². The predicted octanol–water partition coefficient (Wildman–Crippen LogP) is 3.08. The molecule has 1 heterocycles. The Kier molecular flexibility index (Phi) is 7.01. The van der Waals surface area contributed by atoms with Gasteiger partial charge in [0.15, 0.2) is 0 Å². The highest BCUT2D eigenvalue weighted by Gasteiger charge is 2.28. The van der Waals surface area contributed by atoms with E-state index >= 15 is 0 Å². The van der Waals surface area contributed by atoms with E-state index in [-0.39, 0.29) is 18.1 Å². The summed E-state index contributed by atoms with van der Waals surface area (Å²) in [4.78, 5) is 17.0. The van der Waals surface area contributed by atoms with E-state index in [1.54, 1.807) is 17.0 Å². The number of aryl methyl sites for hydroxylation is 1. The molecular formula is C22H28ClN3O4S. The highest BCUT2D eigenvalue weighted by Crippen LogP contribution is 2.33.